The van der Waals surface area contributed by atoms with E-state index in [4.69, 9.17) is 0 Å². The summed E-state index contributed by atoms with van der Waals surface area (Å²) in [6, 6.07) is 9.81. The summed E-state index contributed by atoms with van der Waals surface area (Å²) in [6.07, 6.45) is 0.00838. The molecule has 3 amide bonds. The number of carbonyl (C=O) groups excluding carboxylic acids is 3. The van der Waals surface area contributed by atoms with E-state index < -0.39 is 41.6 Å². The quantitative estimate of drug-likeness (QED) is 0.546. The van der Waals surface area contributed by atoms with E-state index in [0.29, 0.717) is 18.9 Å². The van der Waals surface area contributed by atoms with Gasteiger partial charge in [0.15, 0.2) is 6.10 Å². The summed E-state index contributed by atoms with van der Waals surface area (Å²) in [5.41, 5.74) is 0.707. The SMILES string of the molecule is C[C@H](NC(=O)[C@@H](O)c1cc(F)cc(F)c1)C(=O)N[C@H]1CCC[C@@H](c2ccccc2)NC1=O. The Kier molecular flexibility index (Phi) is 7.53. The van der Waals surface area contributed by atoms with Crippen LogP contribution in [0.2, 0.25) is 0 Å². The number of benzene rings is 2. The van der Waals surface area contributed by atoms with E-state index in [1.54, 1.807) is 0 Å². The minimum atomic E-state index is -1.86. The fourth-order valence-electron chi connectivity index (χ4n) is 3.61. The molecule has 4 N–H and O–H groups in total. The topological polar surface area (TPSA) is 108 Å². The van der Waals surface area contributed by atoms with Gasteiger partial charge in [0.05, 0.1) is 6.04 Å². The molecule has 0 bridgehead atoms. The number of nitrogens with one attached hydrogen (secondary N) is 3. The van der Waals surface area contributed by atoms with Crippen molar-refractivity contribution in [3.05, 3.63) is 71.3 Å². The second-order valence-corrected chi connectivity index (χ2v) is 7.80. The number of halogens is 2. The van der Waals surface area contributed by atoms with Gasteiger partial charge in [-0.05, 0) is 49.4 Å². The number of amides is 3. The summed E-state index contributed by atoms with van der Waals surface area (Å²) in [5, 5.41) is 17.9. The summed E-state index contributed by atoms with van der Waals surface area (Å²) in [7, 11) is 0. The van der Waals surface area contributed by atoms with Crippen molar-refractivity contribution in [1.29, 1.82) is 0 Å². The Balaban J connectivity index is 1.56. The molecule has 3 rings (SSSR count). The van der Waals surface area contributed by atoms with Crippen molar-refractivity contribution in [2.24, 2.45) is 0 Å². The number of hydrogen-bond donors (Lipinski definition) is 4. The molecule has 1 aliphatic heterocycles. The van der Waals surface area contributed by atoms with E-state index in [0.717, 1.165) is 24.1 Å². The largest absolute Gasteiger partial charge is 0.378 e. The molecule has 2 aromatic carbocycles. The molecule has 1 saturated heterocycles. The van der Waals surface area contributed by atoms with Gasteiger partial charge in [0.1, 0.15) is 23.7 Å². The van der Waals surface area contributed by atoms with Crippen molar-refractivity contribution in [3.8, 4) is 0 Å². The fraction of sp³-hybridized carbons (Fsp3) is 0.348. The number of hydrogen-bond acceptors (Lipinski definition) is 4. The zero-order valence-corrected chi connectivity index (χ0v) is 17.5. The van der Waals surface area contributed by atoms with Gasteiger partial charge < -0.3 is 21.1 Å². The first-order valence-electron chi connectivity index (χ1n) is 10.3. The molecular weight excluding hydrogens is 420 g/mol. The molecule has 170 valence electrons. The van der Waals surface area contributed by atoms with Crippen molar-refractivity contribution >= 4 is 17.7 Å². The molecule has 2 aromatic rings. The maximum Gasteiger partial charge on any atom is 0.254 e. The Labute approximate surface area is 184 Å². The molecule has 0 radical (unpaired) electrons. The van der Waals surface area contributed by atoms with Crippen LogP contribution >= 0.6 is 0 Å². The molecule has 0 saturated carbocycles. The highest BCUT2D eigenvalue weighted by molar-refractivity contribution is 5.93. The maximum atomic E-state index is 13.3. The standard InChI is InChI=1S/C23H25F2N3O4/c1-13(26-23(32)20(29)15-10-16(24)12-17(25)11-15)21(30)28-19-9-5-8-18(27-22(19)31)14-6-3-2-4-7-14/h2-4,6-7,10-13,18-20,29H,5,8-9H2,1H3,(H,26,32)(H,27,31)(H,28,30)/t13-,18-,19-,20-/m0/s1. The second-order valence-electron chi connectivity index (χ2n) is 7.80. The van der Waals surface area contributed by atoms with E-state index in [9.17, 15) is 28.3 Å². The number of aliphatic hydroxyl groups is 1. The zero-order valence-electron chi connectivity index (χ0n) is 17.5. The van der Waals surface area contributed by atoms with Gasteiger partial charge in [-0.2, -0.15) is 0 Å². The lowest BCUT2D eigenvalue weighted by Crippen LogP contribution is -2.52. The van der Waals surface area contributed by atoms with E-state index in [1.807, 2.05) is 30.3 Å². The van der Waals surface area contributed by atoms with E-state index >= 15 is 0 Å². The first kappa shape index (κ1) is 23.3. The highest BCUT2D eigenvalue weighted by atomic mass is 19.1. The number of carbonyl (C=O) groups is 3. The van der Waals surface area contributed by atoms with Gasteiger partial charge in [-0.1, -0.05) is 30.3 Å². The van der Waals surface area contributed by atoms with Crippen molar-refractivity contribution in [3.63, 3.8) is 0 Å². The van der Waals surface area contributed by atoms with Crippen LogP contribution in [-0.4, -0.2) is 34.9 Å². The molecule has 0 aliphatic carbocycles. The lowest BCUT2D eigenvalue weighted by atomic mass is 10.0. The normalized spacial score (nSPS) is 20.4. The van der Waals surface area contributed by atoms with Gasteiger partial charge in [-0.3, -0.25) is 14.4 Å². The Bertz CT molecular complexity index is 966. The smallest absolute Gasteiger partial charge is 0.254 e. The number of rotatable bonds is 6. The Hall–Kier alpha value is -3.33. The van der Waals surface area contributed by atoms with Gasteiger partial charge in [0.2, 0.25) is 11.8 Å². The first-order chi connectivity index (χ1) is 15.2. The fourth-order valence-corrected chi connectivity index (χ4v) is 3.61. The highest BCUT2D eigenvalue weighted by Gasteiger charge is 2.30. The molecule has 1 heterocycles. The first-order valence-corrected chi connectivity index (χ1v) is 10.3. The summed E-state index contributed by atoms with van der Waals surface area (Å²) in [6.45, 7) is 1.38. The van der Waals surface area contributed by atoms with Crippen molar-refractivity contribution in [1.82, 2.24) is 16.0 Å². The molecule has 32 heavy (non-hydrogen) atoms. The van der Waals surface area contributed by atoms with Gasteiger partial charge in [0.25, 0.3) is 5.91 Å². The Morgan fingerprint density at radius 1 is 1.06 bits per heavy atom. The van der Waals surface area contributed by atoms with Gasteiger partial charge >= 0.3 is 0 Å². The predicted octanol–water partition coefficient (Wildman–Crippen LogP) is 2.03. The van der Waals surface area contributed by atoms with Crippen LogP contribution in [0.3, 0.4) is 0 Å². The molecule has 4 atom stereocenters. The van der Waals surface area contributed by atoms with Crippen LogP contribution in [0.15, 0.2) is 48.5 Å². The van der Waals surface area contributed by atoms with Crippen molar-refractivity contribution < 1.29 is 28.3 Å². The molecule has 1 fully saturated rings. The molecule has 0 spiro atoms. The van der Waals surface area contributed by atoms with E-state index in [1.165, 1.54) is 6.92 Å². The summed E-state index contributed by atoms with van der Waals surface area (Å²) in [5.74, 6) is -3.81. The third-order valence-electron chi connectivity index (χ3n) is 5.34. The lowest BCUT2D eigenvalue weighted by Gasteiger charge is -2.21. The average molecular weight is 445 g/mol. The molecular formula is C23H25F2N3O4. The van der Waals surface area contributed by atoms with E-state index in [-0.39, 0.29) is 17.5 Å². The maximum absolute atomic E-state index is 13.3. The monoisotopic (exact) mass is 445 g/mol. The third-order valence-corrected chi connectivity index (χ3v) is 5.34. The van der Waals surface area contributed by atoms with Gasteiger partial charge in [-0.25, -0.2) is 8.78 Å². The van der Waals surface area contributed by atoms with Crippen LogP contribution in [0.4, 0.5) is 8.78 Å². The minimum Gasteiger partial charge on any atom is -0.378 e. The van der Waals surface area contributed by atoms with Gasteiger partial charge in [0, 0.05) is 6.07 Å². The van der Waals surface area contributed by atoms with Crippen LogP contribution in [0, 0.1) is 11.6 Å². The third kappa shape index (κ3) is 5.88. The summed E-state index contributed by atoms with van der Waals surface area (Å²) < 4.78 is 26.6. The van der Waals surface area contributed by atoms with Crippen LogP contribution in [0.25, 0.3) is 0 Å². The zero-order chi connectivity index (χ0) is 23.3. The Morgan fingerprint density at radius 2 is 1.72 bits per heavy atom. The van der Waals surface area contributed by atoms with Crippen LogP contribution in [-0.2, 0) is 14.4 Å². The van der Waals surface area contributed by atoms with Crippen LogP contribution in [0.5, 0.6) is 0 Å². The average Bonchev–Trinajstić information content (AvgIpc) is 2.94. The van der Waals surface area contributed by atoms with E-state index in [2.05, 4.69) is 16.0 Å². The molecule has 7 nitrogen and oxygen atoms in total. The Morgan fingerprint density at radius 3 is 2.38 bits per heavy atom. The van der Waals surface area contributed by atoms with Gasteiger partial charge in [-0.15, -0.1) is 0 Å². The highest BCUT2D eigenvalue weighted by Crippen LogP contribution is 2.23. The second kappa shape index (κ2) is 10.3. The minimum absolute atomic E-state index is 0.149. The molecule has 1 aliphatic rings. The van der Waals surface area contributed by atoms with Crippen molar-refractivity contribution in [2.75, 3.05) is 0 Å². The molecule has 9 heteroatoms. The summed E-state index contributed by atoms with van der Waals surface area (Å²) in [4.78, 5) is 37.4. The predicted molar refractivity (Wildman–Crippen MR) is 112 cm³/mol. The summed E-state index contributed by atoms with van der Waals surface area (Å²) >= 11 is 0. The van der Waals surface area contributed by atoms with Crippen molar-refractivity contribution in [2.45, 2.75) is 50.4 Å². The lowest BCUT2D eigenvalue weighted by molar-refractivity contribution is -0.135. The molecule has 0 unspecified atom stereocenters. The van der Waals surface area contributed by atoms with Crippen LogP contribution < -0.4 is 16.0 Å². The van der Waals surface area contributed by atoms with Crippen LogP contribution in [0.1, 0.15) is 49.5 Å². The number of aliphatic hydroxyl groups excluding tert-OH is 1. The molecule has 0 aromatic heterocycles.